The zero-order valence-electron chi connectivity index (χ0n) is 11.6. The second kappa shape index (κ2) is 7.24. The molecule has 0 aliphatic heterocycles. The summed E-state index contributed by atoms with van der Waals surface area (Å²) in [6.45, 7) is 0.923. The highest BCUT2D eigenvalue weighted by Crippen LogP contribution is 2.23. The third-order valence-electron chi connectivity index (χ3n) is 3.76. The molecule has 0 bridgehead atoms. The fraction of sp³-hybridized carbons (Fsp3) is 0.533. The maximum absolute atomic E-state index is 13.6. The molecular weight excluding hydrogens is 257 g/mol. The van der Waals surface area contributed by atoms with E-state index in [1.807, 2.05) is 0 Å². The number of nitrogens with two attached hydrogens (primary N) is 1. The highest BCUT2D eigenvalue weighted by molar-refractivity contribution is 5.89. The summed E-state index contributed by atoms with van der Waals surface area (Å²) in [5, 5.41) is 2.65. The minimum atomic E-state index is -0.419. The minimum absolute atomic E-state index is 0.218. The van der Waals surface area contributed by atoms with Gasteiger partial charge in [-0.05, 0) is 25.0 Å². The van der Waals surface area contributed by atoms with E-state index in [2.05, 4.69) is 5.32 Å². The highest BCUT2D eigenvalue weighted by atomic mass is 19.1. The van der Waals surface area contributed by atoms with E-state index in [9.17, 15) is 9.18 Å². The second-order valence-electron chi connectivity index (χ2n) is 5.18. The van der Waals surface area contributed by atoms with Crippen molar-refractivity contribution in [2.24, 2.45) is 5.73 Å². The summed E-state index contributed by atoms with van der Waals surface area (Å²) < 4.78 is 13.6. The lowest BCUT2D eigenvalue weighted by atomic mass is 9.94. The molecule has 1 aliphatic carbocycles. The van der Waals surface area contributed by atoms with Crippen LogP contribution in [0.1, 0.15) is 32.1 Å². The number of urea groups is 1. The number of nitrogens with zero attached hydrogens (tertiary/aromatic N) is 1. The van der Waals surface area contributed by atoms with Crippen LogP contribution in [0.2, 0.25) is 0 Å². The number of carbonyl (C=O) groups is 1. The monoisotopic (exact) mass is 279 g/mol. The van der Waals surface area contributed by atoms with Crippen molar-refractivity contribution in [2.45, 2.75) is 38.1 Å². The van der Waals surface area contributed by atoms with Gasteiger partial charge in [-0.2, -0.15) is 0 Å². The lowest BCUT2D eigenvalue weighted by Crippen LogP contribution is -2.46. The average Bonchev–Trinajstić information content (AvgIpc) is 2.48. The molecule has 5 heteroatoms. The summed E-state index contributed by atoms with van der Waals surface area (Å²) in [4.78, 5) is 14.1. The van der Waals surface area contributed by atoms with Crippen molar-refractivity contribution >= 4 is 11.7 Å². The molecule has 2 rings (SSSR count). The van der Waals surface area contributed by atoms with E-state index in [1.54, 1.807) is 23.1 Å². The summed E-state index contributed by atoms with van der Waals surface area (Å²) in [5.41, 5.74) is 5.82. The smallest absolute Gasteiger partial charge is 0.322 e. The first kappa shape index (κ1) is 14.8. The van der Waals surface area contributed by atoms with Crippen LogP contribution >= 0.6 is 0 Å². The van der Waals surface area contributed by atoms with Crippen LogP contribution in [-0.4, -0.2) is 30.1 Å². The second-order valence-corrected chi connectivity index (χ2v) is 5.18. The van der Waals surface area contributed by atoms with Crippen LogP contribution in [0.3, 0.4) is 0 Å². The molecule has 1 saturated carbocycles. The van der Waals surface area contributed by atoms with E-state index < -0.39 is 5.82 Å². The molecule has 2 amide bonds. The number of anilines is 1. The predicted molar refractivity (Wildman–Crippen MR) is 78.1 cm³/mol. The van der Waals surface area contributed by atoms with E-state index in [-0.39, 0.29) is 17.8 Å². The van der Waals surface area contributed by atoms with Crippen LogP contribution in [0.4, 0.5) is 14.9 Å². The maximum Gasteiger partial charge on any atom is 0.322 e. The summed E-state index contributed by atoms with van der Waals surface area (Å²) in [6.07, 6.45) is 5.51. The molecule has 0 saturated heterocycles. The standard InChI is InChI=1S/C15H22FN3O/c16-13-8-4-5-9-14(13)18-15(20)19(11-10-17)12-6-2-1-3-7-12/h4-5,8-9,12H,1-3,6-7,10-11,17H2,(H,18,20). The molecular formula is C15H22FN3O. The van der Waals surface area contributed by atoms with Crippen molar-refractivity contribution in [2.75, 3.05) is 18.4 Å². The largest absolute Gasteiger partial charge is 0.329 e. The SMILES string of the molecule is NCCN(C(=O)Nc1ccccc1F)C1CCCCC1. The normalized spacial score (nSPS) is 15.9. The Bertz CT molecular complexity index is 446. The van der Waals surface area contributed by atoms with E-state index >= 15 is 0 Å². The molecule has 0 aromatic heterocycles. The number of hydrogen-bond donors (Lipinski definition) is 2. The van der Waals surface area contributed by atoms with E-state index in [0.717, 1.165) is 25.7 Å². The third kappa shape index (κ3) is 3.70. The van der Waals surface area contributed by atoms with Gasteiger partial charge in [0.15, 0.2) is 0 Å². The first-order chi connectivity index (χ1) is 9.72. The molecule has 20 heavy (non-hydrogen) atoms. The molecule has 0 heterocycles. The van der Waals surface area contributed by atoms with Crippen molar-refractivity contribution in [3.8, 4) is 0 Å². The predicted octanol–water partition coefficient (Wildman–Crippen LogP) is 2.95. The molecule has 4 nitrogen and oxygen atoms in total. The van der Waals surface area contributed by atoms with Crippen molar-refractivity contribution in [1.82, 2.24) is 4.90 Å². The number of halogens is 1. The van der Waals surface area contributed by atoms with E-state index in [1.165, 1.54) is 12.5 Å². The highest BCUT2D eigenvalue weighted by Gasteiger charge is 2.25. The Morgan fingerprint density at radius 1 is 1.30 bits per heavy atom. The first-order valence-electron chi connectivity index (χ1n) is 7.24. The molecule has 1 fully saturated rings. The van der Waals surface area contributed by atoms with Gasteiger partial charge in [-0.3, -0.25) is 0 Å². The number of rotatable bonds is 4. The van der Waals surface area contributed by atoms with Gasteiger partial charge < -0.3 is 16.0 Å². The van der Waals surface area contributed by atoms with Crippen LogP contribution < -0.4 is 11.1 Å². The Labute approximate surface area is 119 Å². The zero-order valence-corrected chi connectivity index (χ0v) is 11.6. The lowest BCUT2D eigenvalue weighted by Gasteiger charge is -2.34. The van der Waals surface area contributed by atoms with Gasteiger partial charge in [0.25, 0.3) is 0 Å². The van der Waals surface area contributed by atoms with Gasteiger partial charge in [0.2, 0.25) is 0 Å². The molecule has 0 spiro atoms. The number of para-hydroxylation sites is 1. The molecule has 0 radical (unpaired) electrons. The average molecular weight is 279 g/mol. The molecule has 1 aliphatic rings. The molecule has 110 valence electrons. The molecule has 0 atom stereocenters. The van der Waals surface area contributed by atoms with Crippen LogP contribution in [0.15, 0.2) is 24.3 Å². The van der Waals surface area contributed by atoms with Crippen molar-refractivity contribution in [3.63, 3.8) is 0 Å². The van der Waals surface area contributed by atoms with E-state index in [4.69, 9.17) is 5.73 Å². The van der Waals surface area contributed by atoms with Gasteiger partial charge in [0.05, 0.1) is 5.69 Å². The van der Waals surface area contributed by atoms with E-state index in [0.29, 0.717) is 13.1 Å². The first-order valence-corrected chi connectivity index (χ1v) is 7.24. The molecule has 3 N–H and O–H groups in total. The third-order valence-corrected chi connectivity index (χ3v) is 3.76. The van der Waals surface area contributed by atoms with Gasteiger partial charge in [-0.15, -0.1) is 0 Å². The Hall–Kier alpha value is -1.62. The Morgan fingerprint density at radius 2 is 2.00 bits per heavy atom. The topological polar surface area (TPSA) is 58.4 Å². The quantitative estimate of drug-likeness (QED) is 0.890. The number of amides is 2. The van der Waals surface area contributed by atoms with Crippen LogP contribution in [0.25, 0.3) is 0 Å². The van der Waals surface area contributed by atoms with Gasteiger partial charge in [0, 0.05) is 19.1 Å². The summed E-state index contributed by atoms with van der Waals surface area (Å²) in [5.74, 6) is -0.419. The summed E-state index contributed by atoms with van der Waals surface area (Å²) in [7, 11) is 0. The maximum atomic E-state index is 13.6. The summed E-state index contributed by atoms with van der Waals surface area (Å²) >= 11 is 0. The zero-order chi connectivity index (χ0) is 14.4. The fourth-order valence-electron chi connectivity index (χ4n) is 2.73. The number of nitrogens with one attached hydrogen (secondary N) is 1. The van der Waals surface area contributed by atoms with Crippen LogP contribution in [0, 0.1) is 5.82 Å². The van der Waals surface area contributed by atoms with Crippen LogP contribution in [-0.2, 0) is 0 Å². The van der Waals surface area contributed by atoms with Gasteiger partial charge in [-0.25, -0.2) is 9.18 Å². The minimum Gasteiger partial charge on any atom is -0.329 e. The fourth-order valence-corrected chi connectivity index (χ4v) is 2.73. The van der Waals surface area contributed by atoms with Crippen LogP contribution in [0.5, 0.6) is 0 Å². The van der Waals surface area contributed by atoms with Gasteiger partial charge in [0.1, 0.15) is 5.82 Å². The Kier molecular flexibility index (Phi) is 5.35. The molecule has 1 aromatic rings. The molecule has 1 aromatic carbocycles. The van der Waals surface area contributed by atoms with Crippen molar-refractivity contribution < 1.29 is 9.18 Å². The van der Waals surface area contributed by atoms with Gasteiger partial charge in [-0.1, -0.05) is 31.4 Å². The summed E-state index contributed by atoms with van der Waals surface area (Å²) in [6, 6.07) is 6.17. The van der Waals surface area contributed by atoms with Crippen molar-refractivity contribution in [3.05, 3.63) is 30.1 Å². The Balaban J connectivity index is 2.04. The Morgan fingerprint density at radius 3 is 2.65 bits per heavy atom. The lowest BCUT2D eigenvalue weighted by molar-refractivity contribution is 0.169. The number of hydrogen-bond acceptors (Lipinski definition) is 2. The number of benzene rings is 1. The molecule has 0 unspecified atom stereocenters. The number of carbonyl (C=O) groups excluding carboxylic acids is 1. The van der Waals surface area contributed by atoms with Crippen molar-refractivity contribution in [1.29, 1.82) is 0 Å². The van der Waals surface area contributed by atoms with Gasteiger partial charge >= 0.3 is 6.03 Å².